The number of nitrogens with one attached hydrogen (secondary N) is 1. The minimum absolute atomic E-state index is 0. The van der Waals surface area contributed by atoms with Crippen LogP contribution < -0.4 is 15.2 Å². The lowest BCUT2D eigenvalue weighted by molar-refractivity contribution is 0.164. The first-order chi connectivity index (χ1) is 11.5. The van der Waals surface area contributed by atoms with Crippen LogP contribution in [0.2, 0.25) is 0 Å². The van der Waals surface area contributed by atoms with Crippen LogP contribution in [0, 0.1) is 5.92 Å². The lowest BCUT2D eigenvalue weighted by Crippen LogP contribution is -2.44. The van der Waals surface area contributed by atoms with Crippen molar-refractivity contribution in [2.24, 2.45) is 11.1 Å². The molecule has 1 heterocycles. The Morgan fingerprint density at radius 2 is 1.76 bits per heavy atom. The summed E-state index contributed by atoms with van der Waals surface area (Å²) in [6, 6.07) is 6.92. The van der Waals surface area contributed by atoms with E-state index in [0.29, 0.717) is 18.4 Å². The highest BCUT2D eigenvalue weighted by Crippen LogP contribution is 2.28. The predicted molar refractivity (Wildman–Crippen MR) is 101 cm³/mol. The van der Waals surface area contributed by atoms with Crippen molar-refractivity contribution in [3.63, 3.8) is 0 Å². The monoisotopic (exact) mass is 389 g/mol. The third-order valence-corrected chi connectivity index (χ3v) is 5.74. The maximum absolute atomic E-state index is 11.2. The van der Waals surface area contributed by atoms with E-state index in [4.69, 9.17) is 9.88 Å². The Labute approximate surface area is 156 Å². The molecule has 6 nitrogen and oxygen atoms in total. The number of ether oxygens (including phenoxy) is 1. The molecule has 1 aliphatic carbocycles. The molecule has 1 saturated heterocycles. The van der Waals surface area contributed by atoms with Gasteiger partial charge in [0.1, 0.15) is 12.4 Å². The lowest BCUT2D eigenvalue weighted by Gasteiger charge is -2.32. The van der Waals surface area contributed by atoms with Crippen LogP contribution in [0.25, 0.3) is 0 Å². The molecule has 1 saturated carbocycles. The van der Waals surface area contributed by atoms with Gasteiger partial charge in [0.25, 0.3) is 0 Å². The first kappa shape index (κ1) is 20.5. The van der Waals surface area contributed by atoms with Crippen molar-refractivity contribution in [3.05, 3.63) is 24.3 Å². The lowest BCUT2D eigenvalue weighted by atomic mass is 10.0. The zero-order chi connectivity index (χ0) is 17.0. The number of sulfonamides is 1. The number of nitrogens with two attached hydrogens (primary N) is 1. The van der Waals surface area contributed by atoms with Gasteiger partial charge in [-0.25, -0.2) is 13.6 Å². The average molecular weight is 390 g/mol. The van der Waals surface area contributed by atoms with E-state index in [0.717, 1.165) is 25.6 Å². The molecule has 0 bridgehead atoms. The van der Waals surface area contributed by atoms with Gasteiger partial charge in [-0.1, -0.05) is 0 Å². The first-order valence-corrected chi connectivity index (χ1v) is 10.3. The maximum atomic E-state index is 11.2. The van der Waals surface area contributed by atoms with Gasteiger partial charge in [0.05, 0.1) is 4.90 Å². The number of rotatable bonds is 8. The van der Waals surface area contributed by atoms with Crippen LogP contribution in [0.15, 0.2) is 29.2 Å². The van der Waals surface area contributed by atoms with Crippen molar-refractivity contribution in [2.75, 3.05) is 32.8 Å². The highest BCUT2D eigenvalue weighted by atomic mass is 35.5. The molecule has 1 aromatic carbocycles. The van der Waals surface area contributed by atoms with Gasteiger partial charge in [0.15, 0.2) is 0 Å². The average Bonchev–Trinajstić information content (AvgIpc) is 3.38. The van der Waals surface area contributed by atoms with Crippen LogP contribution in [0.3, 0.4) is 0 Å². The second-order valence-electron chi connectivity index (χ2n) is 6.83. The number of hydrogen-bond donors (Lipinski definition) is 2. The molecule has 1 aliphatic heterocycles. The quantitative estimate of drug-likeness (QED) is 0.705. The molecule has 3 rings (SSSR count). The van der Waals surface area contributed by atoms with Crippen LogP contribution in [0.1, 0.15) is 25.7 Å². The third-order valence-electron chi connectivity index (χ3n) is 4.81. The van der Waals surface area contributed by atoms with E-state index in [1.807, 2.05) is 0 Å². The van der Waals surface area contributed by atoms with Crippen LogP contribution in [-0.4, -0.2) is 52.1 Å². The summed E-state index contributed by atoms with van der Waals surface area (Å²) in [6.45, 7) is 4.91. The SMILES string of the molecule is Cl.NS(=O)(=O)c1ccc(OCCN2CCC(NCC3CC3)CC2)cc1. The van der Waals surface area contributed by atoms with Crippen molar-refractivity contribution in [2.45, 2.75) is 36.6 Å². The zero-order valence-electron chi connectivity index (χ0n) is 14.4. The summed E-state index contributed by atoms with van der Waals surface area (Å²) >= 11 is 0. The number of primary sulfonamides is 1. The topological polar surface area (TPSA) is 84.7 Å². The molecule has 25 heavy (non-hydrogen) atoms. The summed E-state index contributed by atoms with van der Waals surface area (Å²) in [6.07, 6.45) is 5.22. The molecule has 0 atom stereocenters. The maximum Gasteiger partial charge on any atom is 0.238 e. The van der Waals surface area contributed by atoms with E-state index < -0.39 is 10.0 Å². The molecule has 0 aromatic heterocycles. The molecule has 0 unspecified atom stereocenters. The van der Waals surface area contributed by atoms with Gasteiger partial charge in [-0.2, -0.15) is 0 Å². The van der Waals surface area contributed by atoms with Crippen molar-refractivity contribution in [3.8, 4) is 5.75 Å². The summed E-state index contributed by atoms with van der Waals surface area (Å²) in [5.41, 5.74) is 0. The standard InChI is InChI=1S/C17H27N3O3S.ClH/c18-24(21,22)17-5-3-16(4-6-17)23-12-11-20-9-7-15(8-10-20)19-13-14-1-2-14;/h3-6,14-15,19H,1-2,7-13H2,(H2,18,21,22);1H. The predicted octanol–water partition coefficient (Wildman–Crippen LogP) is 1.60. The van der Waals surface area contributed by atoms with Gasteiger partial charge in [0.2, 0.25) is 10.0 Å². The summed E-state index contributed by atoms with van der Waals surface area (Å²) in [5, 5.41) is 8.76. The fourth-order valence-corrected chi connectivity index (χ4v) is 3.55. The first-order valence-electron chi connectivity index (χ1n) is 8.72. The van der Waals surface area contributed by atoms with Crippen LogP contribution >= 0.6 is 12.4 Å². The minimum atomic E-state index is -3.64. The summed E-state index contributed by atoms with van der Waals surface area (Å²) in [4.78, 5) is 2.53. The van der Waals surface area contributed by atoms with Gasteiger partial charge in [-0.15, -0.1) is 12.4 Å². The second-order valence-corrected chi connectivity index (χ2v) is 8.39. The highest BCUT2D eigenvalue weighted by Gasteiger charge is 2.24. The fraction of sp³-hybridized carbons (Fsp3) is 0.647. The van der Waals surface area contributed by atoms with E-state index in [2.05, 4.69) is 10.2 Å². The molecule has 0 amide bonds. The number of likely N-dealkylation sites (tertiary alicyclic amines) is 1. The summed E-state index contributed by atoms with van der Waals surface area (Å²) < 4.78 is 28.1. The number of hydrogen-bond acceptors (Lipinski definition) is 5. The summed E-state index contributed by atoms with van der Waals surface area (Å²) in [5.74, 6) is 1.61. The number of halogens is 1. The Morgan fingerprint density at radius 1 is 1.12 bits per heavy atom. The molecular formula is C17H28ClN3O3S. The highest BCUT2D eigenvalue weighted by molar-refractivity contribution is 7.89. The normalized spacial score (nSPS) is 19.4. The van der Waals surface area contributed by atoms with Gasteiger partial charge in [-0.3, -0.25) is 4.90 Å². The van der Waals surface area contributed by atoms with E-state index in [1.54, 1.807) is 12.1 Å². The summed E-state index contributed by atoms with van der Waals surface area (Å²) in [7, 11) is -3.64. The second kappa shape index (κ2) is 9.19. The molecule has 3 N–H and O–H groups in total. The molecule has 142 valence electrons. The number of nitrogens with zero attached hydrogens (tertiary/aromatic N) is 1. The minimum Gasteiger partial charge on any atom is -0.492 e. The van der Waals surface area contributed by atoms with Gasteiger partial charge < -0.3 is 10.1 Å². The van der Waals surface area contributed by atoms with Crippen molar-refractivity contribution in [1.29, 1.82) is 0 Å². The molecule has 1 aromatic rings. The van der Waals surface area contributed by atoms with Crippen LogP contribution in [0.5, 0.6) is 5.75 Å². The molecule has 0 radical (unpaired) electrons. The Balaban J connectivity index is 0.00000225. The van der Waals surface area contributed by atoms with Gasteiger partial charge in [-0.05, 0) is 75.5 Å². The third kappa shape index (κ3) is 6.75. The van der Waals surface area contributed by atoms with Crippen LogP contribution in [0.4, 0.5) is 0 Å². The Hall–Kier alpha value is -0.860. The number of piperidine rings is 1. The number of benzene rings is 1. The Morgan fingerprint density at radius 3 is 2.32 bits per heavy atom. The van der Waals surface area contributed by atoms with E-state index in [1.165, 1.54) is 44.4 Å². The molecule has 0 spiro atoms. The van der Waals surface area contributed by atoms with E-state index >= 15 is 0 Å². The van der Waals surface area contributed by atoms with Gasteiger partial charge in [0, 0.05) is 12.6 Å². The van der Waals surface area contributed by atoms with Gasteiger partial charge >= 0.3 is 0 Å². The zero-order valence-corrected chi connectivity index (χ0v) is 16.0. The Bertz CT molecular complexity index is 627. The molecule has 8 heteroatoms. The van der Waals surface area contributed by atoms with Crippen molar-refractivity contribution >= 4 is 22.4 Å². The largest absolute Gasteiger partial charge is 0.492 e. The van der Waals surface area contributed by atoms with Crippen molar-refractivity contribution in [1.82, 2.24) is 10.2 Å². The molecule has 2 aliphatic rings. The van der Waals surface area contributed by atoms with Crippen LogP contribution in [-0.2, 0) is 10.0 Å². The Kier molecular flexibility index (Phi) is 7.51. The van der Waals surface area contributed by atoms with E-state index in [9.17, 15) is 8.42 Å². The fourth-order valence-electron chi connectivity index (χ4n) is 3.03. The molecular weight excluding hydrogens is 362 g/mol. The molecule has 2 fully saturated rings. The van der Waals surface area contributed by atoms with E-state index in [-0.39, 0.29) is 17.3 Å². The smallest absolute Gasteiger partial charge is 0.238 e. The van der Waals surface area contributed by atoms with Crippen molar-refractivity contribution < 1.29 is 13.2 Å².